The van der Waals surface area contributed by atoms with Gasteiger partial charge in [0.1, 0.15) is 0 Å². The van der Waals surface area contributed by atoms with Crippen molar-refractivity contribution in [1.29, 1.82) is 0 Å². The second kappa shape index (κ2) is 6.00. The molecule has 0 fully saturated rings. The van der Waals surface area contributed by atoms with Gasteiger partial charge in [-0.15, -0.1) is 0 Å². The number of hydrogen-bond acceptors (Lipinski definition) is 2. The van der Waals surface area contributed by atoms with Gasteiger partial charge < -0.3 is 5.73 Å². The van der Waals surface area contributed by atoms with Gasteiger partial charge >= 0.3 is 0 Å². The molecule has 3 nitrogen and oxygen atoms in total. The van der Waals surface area contributed by atoms with Crippen molar-refractivity contribution in [3.05, 3.63) is 0 Å². The minimum Gasteiger partial charge on any atom is -0.368 e. The van der Waals surface area contributed by atoms with E-state index in [1.54, 1.807) is 0 Å². The standard InChI is InChI=1S/C9H20N2O/c1-4-5-6-7-11(3)8(2)9(10)12/h8H,4-7H2,1-3H3,(H2,10,12). The summed E-state index contributed by atoms with van der Waals surface area (Å²) in [6.07, 6.45) is 3.57. The molecule has 0 heterocycles. The van der Waals surface area contributed by atoms with Gasteiger partial charge in [-0.05, 0) is 26.9 Å². The predicted octanol–water partition coefficient (Wildman–Crippen LogP) is 0.982. The van der Waals surface area contributed by atoms with Crippen LogP contribution in [0.4, 0.5) is 0 Å². The topological polar surface area (TPSA) is 46.3 Å². The van der Waals surface area contributed by atoms with Crippen LogP contribution in [0.2, 0.25) is 0 Å². The Morgan fingerprint density at radius 2 is 2.08 bits per heavy atom. The summed E-state index contributed by atoms with van der Waals surface area (Å²) in [6, 6.07) is -0.137. The Labute approximate surface area is 74.9 Å². The summed E-state index contributed by atoms with van der Waals surface area (Å²) in [5.41, 5.74) is 5.16. The highest BCUT2D eigenvalue weighted by Crippen LogP contribution is 2.00. The summed E-state index contributed by atoms with van der Waals surface area (Å²) in [7, 11) is 1.94. The average molecular weight is 172 g/mol. The lowest BCUT2D eigenvalue weighted by Gasteiger charge is -2.21. The zero-order chi connectivity index (χ0) is 9.56. The highest BCUT2D eigenvalue weighted by atomic mass is 16.1. The van der Waals surface area contributed by atoms with Crippen molar-refractivity contribution in [3.63, 3.8) is 0 Å². The monoisotopic (exact) mass is 172 g/mol. The molecular weight excluding hydrogens is 152 g/mol. The van der Waals surface area contributed by atoms with E-state index in [1.807, 2.05) is 18.9 Å². The van der Waals surface area contributed by atoms with Gasteiger partial charge in [0.15, 0.2) is 0 Å². The molecule has 3 heteroatoms. The summed E-state index contributed by atoms with van der Waals surface area (Å²) in [4.78, 5) is 12.8. The van der Waals surface area contributed by atoms with Crippen LogP contribution in [-0.4, -0.2) is 30.4 Å². The van der Waals surface area contributed by atoms with Crippen LogP contribution in [0.1, 0.15) is 33.1 Å². The van der Waals surface area contributed by atoms with Gasteiger partial charge in [0, 0.05) is 0 Å². The summed E-state index contributed by atoms with van der Waals surface area (Å²) < 4.78 is 0. The molecule has 0 aromatic carbocycles. The molecule has 0 saturated carbocycles. The second-order valence-electron chi connectivity index (χ2n) is 3.27. The predicted molar refractivity (Wildman–Crippen MR) is 50.8 cm³/mol. The molecule has 0 aliphatic heterocycles. The van der Waals surface area contributed by atoms with E-state index in [0.717, 1.165) is 13.0 Å². The molecule has 0 rings (SSSR count). The van der Waals surface area contributed by atoms with E-state index in [-0.39, 0.29) is 11.9 Å². The van der Waals surface area contributed by atoms with Crippen LogP contribution in [0.25, 0.3) is 0 Å². The van der Waals surface area contributed by atoms with Crippen molar-refractivity contribution < 1.29 is 4.79 Å². The van der Waals surface area contributed by atoms with Crippen LogP contribution in [0, 0.1) is 0 Å². The molecule has 0 bridgehead atoms. The Kier molecular flexibility index (Phi) is 5.72. The van der Waals surface area contributed by atoms with E-state index < -0.39 is 0 Å². The fraction of sp³-hybridized carbons (Fsp3) is 0.889. The molecule has 1 atom stereocenters. The van der Waals surface area contributed by atoms with Crippen LogP contribution in [0.3, 0.4) is 0 Å². The van der Waals surface area contributed by atoms with Gasteiger partial charge in [-0.2, -0.15) is 0 Å². The van der Waals surface area contributed by atoms with Gasteiger partial charge in [-0.3, -0.25) is 9.69 Å². The van der Waals surface area contributed by atoms with Crippen molar-refractivity contribution in [1.82, 2.24) is 4.90 Å². The first-order valence-electron chi connectivity index (χ1n) is 4.59. The van der Waals surface area contributed by atoms with Gasteiger partial charge in [-0.25, -0.2) is 0 Å². The molecule has 0 saturated heterocycles. The Morgan fingerprint density at radius 1 is 1.50 bits per heavy atom. The number of hydrogen-bond donors (Lipinski definition) is 1. The van der Waals surface area contributed by atoms with Crippen molar-refractivity contribution in [3.8, 4) is 0 Å². The van der Waals surface area contributed by atoms with E-state index in [1.165, 1.54) is 12.8 Å². The number of primary amides is 1. The number of nitrogens with two attached hydrogens (primary N) is 1. The Morgan fingerprint density at radius 3 is 2.50 bits per heavy atom. The van der Waals surface area contributed by atoms with Gasteiger partial charge in [-0.1, -0.05) is 19.8 Å². The second-order valence-corrected chi connectivity index (χ2v) is 3.27. The largest absolute Gasteiger partial charge is 0.368 e. The lowest BCUT2D eigenvalue weighted by atomic mass is 10.2. The number of amides is 1. The average Bonchev–Trinajstić information content (AvgIpc) is 2.03. The lowest BCUT2D eigenvalue weighted by molar-refractivity contribution is -0.122. The summed E-state index contributed by atoms with van der Waals surface area (Å²) in [6.45, 7) is 4.96. The van der Waals surface area contributed by atoms with Crippen LogP contribution in [0.5, 0.6) is 0 Å². The van der Waals surface area contributed by atoms with Crippen LogP contribution in [-0.2, 0) is 4.79 Å². The molecule has 0 radical (unpaired) electrons. The van der Waals surface area contributed by atoms with Gasteiger partial charge in [0.05, 0.1) is 6.04 Å². The van der Waals surface area contributed by atoms with Crippen molar-refractivity contribution in [2.45, 2.75) is 39.2 Å². The Balaban J connectivity index is 3.56. The highest BCUT2D eigenvalue weighted by molar-refractivity contribution is 5.79. The molecule has 72 valence electrons. The molecule has 0 aromatic heterocycles. The summed E-state index contributed by atoms with van der Waals surface area (Å²) in [5, 5.41) is 0. The zero-order valence-electron chi connectivity index (χ0n) is 8.34. The molecule has 0 spiro atoms. The molecule has 0 aliphatic carbocycles. The van der Waals surface area contributed by atoms with Crippen molar-refractivity contribution in [2.75, 3.05) is 13.6 Å². The van der Waals surface area contributed by atoms with E-state index in [0.29, 0.717) is 0 Å². The first kappa shape index (κ1) is 11.4. The number of unbranched alkanes of at least 4 members (excludes halogenated alkanes) is 2. The smallest absolute Gasteiger partial charge is 0.234 e. The minimum atomic E-state index is -0.242. The molecule has 1 unspecified atom stereocenters. The summed E-state index contributed by atoms with van der Waals surface area (Å²) in [5.74, 6) is -0.242. The maximum atomic E-state index is 10.8. The summed E-state index contributed by atoms with van der Waals surface area (Å²) >= 11 is 0. The third kappa shape index (κ3) is 4.34. The SMILES string of the molecule is CCCCCN(C)C(C)C(N)=O. The number of rotatable bonds is 6. The molecule has 0 aliphatic rings. The quantitative estimate of drug-likeness (QED) is 0.607. The van der Waals surface area contributed by atoms with Crippen LogP contribution >= 0.6 is 0 Å². The normalized spacial score (nSPS) is 13.3. The number of carbonyl (C=O) groups is 1. The van der Waals surface area contributed by atoms with E-state index in [9.17, 15) is 4.79 Å². The minimum absolute atomic E-state index is 0.137. The van der Waals surface area contributed by atoms with E-state index >= 15 is 0 Å². The zero-order valence-corrected chi connectivity index (χ0v) is 8.34. The van der Waals surface area contributed by atoms with Gasteiger partial charge in [0.2, 0.25) is 5.91 Å². The molecule has 12 heavy (non-hydrogen) atoms. The first-order valence-corrected chi connectivity index (χ1v) is 4.59. The highest BCUT2D eigenvalue weighted by Gasteiger charge is 2.13. The fourth-order valence-electron chi connectivity index (χ4n) is 1.02. The van der Waals surface area contributed by atoms with E-state index in [2.05, 4.69) is 6.92 Å². The third-order valence-electron chi connectivity index (χ3n) is 2.19. The van der Waals surface area contributed by atoms with E-state index in [4.69, 9.17) is 5.73 Å². The van der Waals surface area contributed by atoms with Gasteiger partial charge in [0.25, 0.3) is 0 Å². The van der Waals surface area contributed by atoms with Crippen LogP contribution < -0.4 is 5.73 Å². The fourth-order valence-corrected chi connectivity index (χ4v) is 1.02. The molecule has 0 aromatic rings. The Bertz CT molecular complexity index is 136. The first-order chi connectivity index (χ1) is 5.59. The number of nitrogens with zero attached hydrogens (tertiary/aromatic N) is 1. The molecular formula is C9H20N2O. The number of likely N-dealkylation sites (N-methyl/N-ethyl adjacent to an activating group) is 1. The molecule has 2 N–H and O–H groups in total. The maximum absolute atomic E-state index is 10.8. The Hall–Kier alpha value is -0.570. The third-order valence-corrected chi connectivity index (χ3v) is 2.19. The lowest BCUT2D eigenvalue weighted by Crippen LogP contribution is -2.40. The number of carbonyl (C=O) groups excluding carboxylic acids is 1. The van der Waals surface area contributed by atoms with Crippen molar-refractivity contribution in [2.24, 2.45) is 5.73 Å². The maximum Gasteiger partial charge on any atom is 0.234 e. The molecule has 1 amide bonds. The van der Waals surface area contributed by atoms with Crippen molar-refractivity contribution >= 4 is 5.91 Å². The van der Waals surface area contributed by atoms with Crippen LogP contribution in [0.15, 0.2) is 0 Å².